The summed E-state index contributed by atoms with van der Waals surface area (Å²) in [6, 6.07) is 3.99. The maximum Gasteiger partial charge on any atom is 0.126 e. The van der Waals surface area contributed by atoms with Gasteiger partial charge in [-0.1, -0.05) is 0 Å². The fraction of sp³-hybridized carbons (Fsp3) is 0.143. The van der Waals surface area contributed by atoms with E-state index in [9.17, 15) is 13.2 Å². The first-order valence-corrected chi connectivity index (χ1v) is 4.29. The summed E-state index contributed by atoms with van der Waals surface area (Å²) in [7, 11) is 0. The fourth-order valence-corrected chi connectivity index (χ4v) is 1.12. The molecule has 0 aromatic heterocycles. The minimum Gasteiger partial charge on any atom is -0.755 e. The molecule has 13 heavy (non-hydrogen) atoms. The maximum atomic E-state index is 12.7. The molecule has 0 aliphatic carbocycles. The van der Waals surface area contributed by atoms with E-state index in [1.165, 1.54) is 18.2 Å². The van der Waals surface area contributed by atoms with Crippen LogP contribution >= 0.6 is 0 Å². The number of aryl methyl sites for hydroxylation is 1. The first-order chi connectivity index (χ1) is 5.59. The largest absolute Gasteiger partial charge is 0.755 e. The smallest absolute Gasteiger partial charge is 0.126 e. The minimum absolute atomic E-state index is 0. The molecule has 0 aliphatic rings. The molecule has 0 bridgehead atoms. The molecule has 1 N–H and O–H groups in total. The van der Waals surface area contributed by atoms with Crippen molar-refractivity contribution < 1.29 is 13.2 Å². The second-order valence-corrected chi connectivity index (χ2v) is 2.97. The molecule has 0 fully saturated rings. The topological polar surface area (TPSA) is 52.2 Å². The Bertz CT molecular complexity index is 321. The van der Waals surface area contributed by atoms with Crippen LogP contribution in [-0.2, 0) is 11.3 Å². The molecule has 1 atom stereocenters. The van der Waals surface area contributed by atoms with Gasteiger partial charge < -0.3 is 9.27 Å². The number of halogens is 1. The third kappa shape index (κ3) is 4.19. The molecule has 0 spiro atoms. The van der Waals surface area contributed by atoms with Gasteiger partial charge in [0.1, 0.15) is 5.82 Å². The van der Waals surface area contributed by atoms with Crippen LogP contribution in [0.4, 0.5) is 10.1 Å². The van der Waals surface area contributed by atoms with Crippen LogP contribution in [0.2, 0.25) is 0 Å². The molecule has 3 nitrogen and oxygen atoms in total. The van der Waals surface area contributed by atoms with Gasteiger partial charge in [0.2, 0.25) is 0 Å². The zero-order chi connectivity index (χ0) is 9.14. The van der Waals surface area contributed by atoms with Crippen molar-refractivity contribution in [1.82, 2.24) is 0 Å². The van der Waals surface area contributed by atoms with Crippen molar-refractivity contribution in [1.29, 1.82) is 0 Å². The summed E-state index contributed by atoms with van der Waals surface area (Å²) < 4.78 is 35.1. The molecule has 1 aromatic carbocycles. The number of hydrogen-bond donors (Lipinski definition) is 1. The summed E-state index contributed by atoms with van der Waals surface area (Å²) in [6.45, 7) is 1.56. The SMILES string of the molecule is Cc1cc(NS(=O)[O-])ccc1F.[Na]. The van der Waals surface area contributed by atoms with Gasteiger partial charge in [-0.15, -0.1) is 0 Å². The van der Waals surface area contributed by atoms with Crippen LogP contribution in [0, 0.1) is 12.7 Å². The van der Waals surface area contributed by atoms with Crippen LogP contribution in [-0.4, -0.2) is 38.3 Å². The predicted molar refractivity (Wildman–Crippen MR) is 49.4 cm³/mol. The Labute approximate surface area is 100 Å². The third-order valence-electron chi connectivity index (χ3n) is 1.36. The number of benzene rings is 1. The summed E-state index contributed by atoms with van der Waals surface area (Å²) in [5.41, 5.74) is 0.771. The van der Waals surface area contributed by atoms with Gasteiger partial charge in [0.25, 0.3) is 0 Å². The van der Waals surface area contributed by atoms with Crippen LogP contribution in [0.15, 0.2) is 18.2 Å². The van der Waals surface area contributed by atoms with E-state index in [0.717, 1.165) is 0 Å². The first-order valence-electron chi connectivity index (χ1n) is 3.21. The van der Waals surface area contributed by atoms with E-state index in [-0.39, 0.29) is 35.4 Å². The van der Waals surface area contributed by atoms with E-state index in [1.54, 1.807) is 6.92 Å². The Hall–Kier alpha value is 0.0600. The Morgan fingerprint density at radius 2 is 2.15 bits per heavy atom. The average molecular weight is 211 g/mol. The van der Waals surface area contributed by atoms with Gasteiger partial charge in [-0.05, 0) is 30.7 Å². The molecular formula is C7H7FNNaO2S-. The van der Waals surface area contributed by atoms with E-state index in [4.69, 9.17) is 0 Å². The molecule has 0 saturated carbocycles. The molecular weight excluding hydrogens is 204 g/mol. The summed E-state index contributed by atoms with van der Waals surface area (Å²) in [5.74, 6) is -0.350. The van der Waals surface area contributed by atoms with E-state index >= 15 is 0 Å². The molecule has 1 radical (unpaired) electrons. The standard InChI is InChI=1S/C7H8FNO2S.Na/c1-5-4-6(9-12(10)11)2-3-7(5)8;/h2-4,9H,1H3,(H,10,11);/p-1. The van der Waals surface area contributed by atoms with Gasteiger partial charge in [-0.2, -0.15) is 0 Å². The van der Waals surface area contributed by atoms with E-state index in [1.807, 2.05) is 0 Å². The van der Waals surface area contributed by atoms with Gasteiger partial charge in [-0.25, -0.2) is 4.39 Å². The summed E-state index contributed by atoms with van der Waals surface area (Å²) in [4.78, 5) is 0. The predicted octanol–water partition coefficient (Wildman–Crippen LogP) is 0.959. The molecule has 0 heterocycles. The van der Waals surface area contributed by atoms with Gasteiger partial charge in [-0.3, -0.25) is 4.21 Å². The summed E-state index contributed by atoms with van der Waals surface area (Å²) in [5, 5.41) is 0. The number of rotatable bonds is 2. The van der Waals surface area contributed by atoms with Crippen molar-refractivity contribution in [2.24, 2.45) is 0 Å². The monoisotopic (exact) mass is 211 g/mol. The maximum absolute atomic E-state index is 12.7. The van der Waals surface area contributed by atoms with E-state index in [0.29, 0.717) is 11.3 Å². The van der Waals surface area contributed by atoms with Crippen LogP contribution in [0.1, 0.15) is 5.56 Å². The Morgan fingerprint density at radius 3 is 2.62 bits per heavy atom. The number of hydrogen-bond acceptors (Lipinski definition) is 2. The third-order valence-corrected chi connectivity index (χ3v) is 1.76. The van der Waals surface area contributed by atoms with Crippen molar-refractivity contribution >= 4 is 46.5 Å². The molecule has 1 aromatic rings. The normalized spacial score (nSPS) is 11.6. The van der Waals surface area contributed by atoms with E-state index < -0.39 is 11.3 Å². The summed E-state index contributed by atoms with van der Waals surface area (Å²) >= 11 is -2.35. The van der Waals surface area contributed by atoms with Gasteiger partial charge in [0.05, 0.1) is 0 Å². The Balaban J connectivity index is 0.00000144. The Morgan fingerprint density at radius 1 is 1.54 bits per heavy atom. The molecule has 67 valence electrons. The van der Waals surface area contributed by atoms with Gasteiger partial charge in [0, 0.05) is 46.5 Å². The van der Waals surface area contributed by atoms with Crippen LogP contribution < -0.4 is 4.72 Å². The minimum atomic E-state index is -2.35. The van der Waals surface area contributed by atoms with E-state index in [2.05, 4.69) is 4.72 Å². The quantitative estimate of drug-likeness (QED) is 0.585. The first kappa shape index (κ1) is 13.1. The number of nitrogens with one attached hydrogen (secondary N) is 1. The Kier molecular flexibility index (Phi) is 5.75. The fourth-order valence-electron chi connectivity index (χ4n) is 0.804. The van der Waals surface area contributed by atoms with Crippen molar-refractivity contribution in [3.8, 4) is 0 Å². The molecule has 0 aliphatic heterocycles. The second kappa shape index (κ2) is 5.72. The van der Waals surface area contributed by atoms with Gasteiger partial charge in [0.15, 0.2) is 0 Å². The van der Waals surface area contributed by atoms with Crippen molar-refractivity contribution in [3.05, 3.63) is 29.6 Å². The zero-order valence-corrected chi connectivity index (χ0v) is 10.2. The number of anilines is 1. The molecule has 6 heteroatoms. The van der Waals surface area contributed by atoms with Crippen molar-refractivity contribution in [2.45, 2.75) is 6.92 Å². The summed E-state index contributed by atoms with van der Waals surface area (Å²) in [6.07, 6.45) is 0. The molecule has 0 saturated heterocycles. The second-order valence-electron chi connectivity index (χ2n) is 2.30. The van der Waals surface area contributed by atoms with Gasteiger partial charge >= 0.3 is 0 Å². The molecule has 1 unspecified atom stereocenters. The van der Waals surface area contributed by atoms with Crippen LogP contribution in [0.3, 0.4) is 0 Å². The average Bonchev–Trinajstić information content (AvgIpc) is 1.96. The van der Waals surface area contributed by atoms with Crippen molar-refractivity contribution in [3.63, 3.8) is 0 Å². The molecule has 1 rings (SSSR count). The van der Waals surface area contributed by atoms with Crippen LogP contribution in [0.25, 0.3) is 0 Å². The van der Waals surface area contributed by atoms with Crippen LogP contribution in [0.5, 0.6) is 0 Å². The zero-order valence-electron chi connectivity index (χ0n) is 7.33. The van der Waals surface area contributed by atoms with Crippen molar-refractivity contribution in [2.75, 3.05) is 4.72 Å². The molecule has 0 amide bonds.